The molecule has 2 atom stereocenters. The largest absolute Gasteiger partial charge is 0.497 e. The molecule has 3 aromatic rings. The van der Waals surface area contributed by atoms with Gasteiger partial charge in [-0.25, -0.2) is 8.42 Å². The van der Waals surface area contributed by atoms with E-state index < -0.39 is 21.9 Å². The molecular formula is C25H29N3O6S2. The molecule has 1 saturated heterocycles. The van der Waals surface area contributed by atoms with E-state index in [1.807, 2.05) is 0 Å². The summed E-state index contributed by atoms with van der Waals surface area (Å²) in [6.45, 7) is 4.97. The summed E-state index contributed by atoms with van der Waals surface area (Å²) in [6.07, 6.45) is 1.00. The number of piperidine rings is 1. The van der Waals surface area contributed by atoms with Gasteiger partial charge >= 0.3 is 5.97 Å². The molecule has 36 heavy (non-hydrogen) atoms. The minimum absolute atomic E-state index is 0.112. The zero-order valence-corrected chi connectivity index (χ0v) is 22.3. The lowest BCUT2D eigenvalue weighted by molar-refractivity contribution is -0.141. The molecule has 192 valence electrons. The Morgan fingerprint density at radius 1 is 1.06 bits per heavy atom. The molecule has 2 heterocycles. The Balaban J connectivity index is 1.66. The van der Waals surface area contributed by atoms with Gasteiger partial charge in [-0.05, 0) is 60.7 Å². The maximum absolute atomic E-state index is 13.1. The molecule has 11 heteroatoms. The third kappa shape index (κ3) is 5.37. The number of thiazole rings is 1. The molecule has 2 aromatic carbocycles. The summed E-state index contributed by atoms with van der Waals surface area (Å²) >= 11 is 1.24. The van der Waals surface area contributed by atoms with Crippen LogP contribution in [0.2, 0.25) is 0 Å². The number of fused-ring (bicyclic) bond motifs is 1. The highest BCUT2D eigenvalue weighted by molar-refractivity contribution is 7.89. The summed E-state index contributed by atoms with van der Waals surface area (Å²) in [4.78, 5) is 29.7. The first kappa shape index (κ1) is 26.1. The van der Waals surface area contributed by atoms with Gasteiger partial charge in [0.15, 0.2) is 4.80 Å². The Kier molecular flexibility index (Phi) is 7.62. The number of carbonyl (C=O) groups is 2. The first-order valence-electron chi connectivity index (χ1n) is 11.6. The lowest BCUT2D eigenvalue weighted by Crippen LogP contribution is -2.42. The van der Waals surface area contributed by atoms with Gasteiger partial charge in [0, 0.05) is 18.7 Å². The minimum atomic E-state index is -3.65. The van der Waals surface area contributed by atoms with Gasteiger partial charge in [0.2, 0.25) is 10.0 Å². The van der Waals surface area contributed by atoms with Crippen LogP contribution in [0.3, 0.4) is 0 Å². The van der Waals surface area contributed by atoms with E-state index in [2.05, 4.69) is 18.8 Å². The highest BCUT2D eigenvalue weighted by Crippen LogP contribution is 2.27. The first-order valence-corrected chi connectivity index (χ1v) is 13.8. The van der Waals surface area contributed by atoms with Gasteiger partial charge in [0.1, 0.15) is 12.3 Å². The summed E-state index contributed by atoms with van der Waals surface area (Å²) in [5.74, 6) is 0.204. The third-order valence-corrected chi connectivity index (χ3v) is 9.06. The average Bonchev–Trinajstić information content (AvgIpc) is 3.18. The number of esters is 1. The predicted octanol–water partition coefficient (Wildman–Crippen LogP) is 3.29. The van der Waals surface area contributed by atoms with Crippen molar-refractivity contribution in [3.8, 4) is 5.75 Å². The Morgan fingerprint density at radius 3 is 2.33 bits per heavy atom. The van der Waals surface area contributed by atoms with Crippen LogP contribution < -0.4 is 9.54 Å². The van der Waals surface area contributed by atoms with Crippen molar-refractivity contribution in [1.29, 1.82) is 0 Å². The van der Waals surface area contributed by atoms with Gasteiger partial charge in [-0.1, -0.05) is 25.2 Å². The number of sulfonamides is 1. The molecule has 4 rings (SSSR count). The van der Waals surface area contributed by atoms with Crippen LogP contribution in [0.15, 0.2) is 52.4 Å². The Hall–Kier alpha value is -3.02. The summed E-state index contributed by atoms with van der Waals surface area (Å²) in [5.41, 5.74) is 0.957. The molecule has 0 spiro atoms. The molecule has 0 N–H and O–H groups in total. The summed E-state index contributed by atoms with van der Waals surface area (Å²) < 4.78 is 40.3. The fraction of sp³-hybridized carbons (Fsp3) is 0.400. The van der Waals surface area contributed by atoms with E-state index in [0.29, 0.717) is 41.0 Å². The van der Waals surface area contributed by atoms with Gasteiger partial charge in [-0.3, -0.25) is 9.59 Å². The van der Waals surface area contributed by atoms with Crippen LogP contribution >= 0.6 is 11.3 Å². The molecule has 1 aromatic heterocycles. The normalized spacial score (nSPS) is 19.4. The Bertz CT molecular complexity index is 1450. The van der Waals surface area contributed by atoms with Crippen LogP contribution in [-0.4, -0.2) is 56.5 Å². The number of hydrogen-bond donors (Lipinski definition) is 0. The standard InChI is InChI=1S/C25H29N3O6S2/c1-16-11-17(2)14-27(13-16)36(31,32)20-8-5-18(6-9-20)24(30)26-25-28(15-23(29)34-4)21-10-7-19(33-3)12-22(21)35-25/h5-10,12,16-17H,11,13-15H2,1-4H3/t16-,17+. The molecule has 0 saturated carbocycles. The molecule has 0 radical (unpaired) electrons. The zero-order valence-electron chi connectivity index (χ0n) is 20.6. The summed E-state index contributed by atoms with van der Waals surface area (Å²) in [7, 11) is -0.797. The van der Waals surface area contributed by atoms with Gasteiger partial charge in [0.25, 0.3) is 5.91 Å². The van der Waals surface area contributed by atoms with E-state index >= 15 is 0 Å². The van der Waals surface area contributed by atoms with Crippen molar-refractivity contribution in [2.24, 2.45) is 16.8 Å². The third-order valence-electron chi connectivity index (χ3n) is 6.18. The van der Waals surface area contributed by atoms with E-state index in [-0.39, 0.29) is 17.0 Å². The Labute approximate surface area is 214 Å². The zero-order chi connectivity index (χ0) is 26.0. The van der Waals surface area contributed by atoms with Crippen molar-refractivity contribution in [2.75, 3.05) is 27.3 Å². The van der Waals surface area contributed by atoms with Crippen LogP contribution in [0.4, 0.5) is 0 Å². The van der Waals surface area contributed by atoms with Crippen LogP contribution in [0.5, 0.6) is 5.75 Å². The van der Waals surface area contributed by atoms with Crippen molar-refractivity contribution in [1.82, 2.24) is 8.87 Å². The van der Waals surface area contributed by atoms with Crippen LogP contribution in [0, 0.1) is 11.8 Å². The van der Waals surface area contributed by atoms with Gasteiger partial charge in [0.05, 0.1) is 29.3 Å². The monoisotopic (exact) mass is 531 g/mol. The molecule has 1 aliphatic rings. The molecule has 0 aliphatic carbocycles. The maximum Gasteiger partial charge on any atom is 0.325 e. The number of methoxy groups -OCH3 is 2. The number of nitrogens with zero attached hydrogens (tertiary/aromatic N) is 3. The van der Waals surface area contributed by atoms with Crippen molar-refractivity contribution < 1.29 is 27.5 Å². The number of aromatic nitrogens is 1. The van der Waals surface area contributed by atoms with Crippen molar-refractivity contribution in [3.63, 3.8) is 0 Å². The SMILES string of the molecule is COC(=O)Cn1c(=NC(=O)c2ccc(S(=O)(=O)N3C[C@H](C)C[C@H](C)C3)cc2)sc2cc(OC)ccc21. The molecule has 9 nitrogen and oxygen atoms in total. The van der Waals surface area contributed by atoms with Gasteiger partial charge in [-0.2, -0.15) is 9.30 Å². The van der Waals surface area contributed by atoms with Crippen LogP contribution in [0.25, 0.3) is 10.2 Å². The number of amides is 1. The lowest BCUT2D eigenvalue weighted by atomic mass is 9.94. The van der Waals surface area contributed by atoms with Gasteiger partial charge < -0.3 is 14.0 Å². The topological polar surface area (TPSA) is 107 Å². The Morgan fingerprint density at radius 2 is 1.72 bits per heavy atom. The molecular weight excluding hydrogens is 502 g/mol. The van der Waals surface area contributed by atoms with E-state index in [9.17, 15) is 18.0 Å². The second-order valence-corrected chi connectivity index (χ2v) is 12.0. The van der Waals surface area contributed by atoms with E-state index in [1.165, 1.54) is 47.0 Å². The number of carbonyl (C=O) groups excluding carboxylic acids is 2. The van der Waals surface area contributed by atoms with Crippen molar-refractivity contribution in [3.05, 3.63) is 52.8 Å². The average molecular weight is 532 g/mol. The molecule has 1 aliphatic heterocycles. The van der Waals surface area contributed by atoms with Crippen LogP contribution in [0.1, 0.15) is 30.6 Å². The summed E-state index contributed by atoms with van der Waals surface area (Å²) in [5, 5.41) is 0. The number of benzene rings is 2. The number of hydrogen-bond acceptors (Lipinski definition) is 7. The molecule has 1 amide bonds. The van der Waals surface area contributed by atoms with E-state index in [1.54, 1.807) is 29.9 Å². The molecule has 0 bridgehead atoms. The maximum atomic E-state index is 13.1. The first-order chi connectivity index (χ1) is 17.1. The molecule has 1 fully saturated rings. The second-order valence-electron chi connectivity index (χ2n) is 9.09. The van der Waals surface area contributed by atoms with Gasteiger partial charge in [-0.15, -0.1) is 0 Å². The van der Waals surface area contributed by atoms with Crippen LogP contribution in [-0.2, 0) is 26.1 Å². The smallest absolute Gasteiger partial charge is 0.325 e. The summed E-state index contributed by atoms with van der Waals surface area (Å²) in [6, 6.07) is 11.2. The number of rotatable bonds is 6. The second kappa shape index (κ2) is 10.5. The minimum Gasteiger partial charge on any atom is -0.497 e. The van der Waals surface area contributed by atoms with E-state index in [4.69, 9.17) is 9.47 Å². The predicted molar refractivity (Wildman–Crippen MR) is 136 cm³/mol. The highest BCUT2D eigenvalue weighted by atomic mass is 32.2. The quantitative estimate of drug-likeness (QED) is 0.452. The number of ether oxygens (including phenoxy) is 2. The van der Waals surface area contributed by atoms with E-state index in [0.717, 1.165) is 11.1 Å². The van der Waals surface area contributed by atoms with Crippen molar-refractivity contribution in [2.45, 2.75) is 31.7 Å². The lowest BCUT2D eigenvalue weighted by Gasteiger charge is -2.34. The highest BCUT2D eigenvalue weighted by Gasteiger charge is 2.31. The fourth-order valence-electron chi connectivity index (χ4n) is 4.48. The van der Waals surface area contributed by atoms with Crippen molar-refractivity contribution >= 4 is 43.5 Å². The molecule has 0 unspecified atom stereocenters. The fourth-order valence-corrected chi connectivity index (χ4v) is 7.22.